The zero-order valence-corrected chi connectivity index (χ0v) is 18.5. The van der Waals surface area contributed by atoms with Crippen molar-refractivity contribution in [2.45, 2.75) is 31.6 Å². The molecule has 33 heavy (non-hydrogen) atoms. The summed E-state index contributed by atoms with van der Waals surface area (Å²) in [6, 6.07) is 8.71. The Morgan fingerprint density at radius 1 is 1.12 bits per heavy atom. The minimum absolute atomic E-state index is 0.0410. The molecule has 1 fully saturated rings. The van der Waals surface area contributed by atoms with E-state index in [2.05, 4.69) is 15.7 Å². The lowest BCUT2D eigenvalue weighted by molar-refractivity contribution is -0.137. The Morgan fingerprint density at radius 2 is 1.88 bits per heavy atom. The van der Waals surface area contributed by atoms with Gasteiger partial charge in [-0.3, -0.25) is 4.57 Å². The molecule has 1 aromatic heterocycles. The Balaban J connectivity index is 1.47. The van der Waals surface area contributed by atoms with Crippen LogP contribution in [-0.2, 0) is 12.7 Å². The third-order valence-electron chi connectivity index (χ3n) is 5.02. The van der Waals surface area contributed by atoms with E-state index >= 15 is 0 Å². The van der Waals surface area contributed by atoms with Gasteiger partial charge in [0.05, 0.1) is 22.2 Å². The number of hydrogen-bond acceptors (Lipinski definition) is 3. The highest BCUT2D eigenvalue weighted by Crippen LogP contribution is 2.37. The van der Waals surface area contributed by atoms with Gasteiger partial charge in [0.15, 0.2) is 5.82 Å². The molecule has 0 radical (unpaired) electrons. The number of alkyl halides is 3. The summed E-state index contributed by atoms with van der Waals surface area (Å²) in [5, 5.41) is 10.1. The van der Waals surface area contributed by atoms with E-state index in [1.54, 1.807) is 12.1 Å². The molecule has 2 amide bonds. The number of carbonyl (C=O) groups excluding carboxylic acids is 1. The van der Waals surface area contributed by atoms with Gasteiger partial charge in [0.2, 0.25) is 0 Å². The van der Waals surface area contributed by atoms with Crippen LogP contribution < -0.4 is 16.3 Å². The first kappa shape index (κ1) is 23.2. The van der Waals surface area contributed by atoms with Gasteiger partial charge >= 0.3 is 17.9 Å². The molecule has 1 saturated carbocycles. The van der Waals surface area contributed by atoms with E-state index in [1.165, 1.54) is 22.8 Å². The Hall–Kier alpha value is -2.98. The van der Waals surface area contributed by atoms with Crippen LogP contribution in [0.1, 0.15) is 24.4 Å². The zero-order valence-electron chi connectivity index (χ0n) is 17.0. The topological polar surface area (TPSA) is 81.0 Å². The lowest BCUT2D eigenvalue weighted by Crippen LogP contribution is -2.34. The van der Waals surface area contributed by atoms with E-state index in [1.807, 2.05) is 0 Å². The van der Waals surface area contributed by atoms with Crippen LogP contribution in [0.5, 0.6) is 0 Å². The van der Waals surface area contributed by atoms with Crippen molar-refractivity contribution in [2.75, 3.05) is 11.9 Å². The van der Waals surface area contributed by atoms with Gasteiger partial charge in [0, 0.05) is 23.8 Å². The predicted molar refractivity (Wildman–Crippen MR) is 119 cm³/mol. The van der Waals surface area contributed by atoms with Crippen LogP contribution in [-0.4, -0.2) is 26.9 Å². The van der Waals surface area contributed by atoms with Crippen LogP contribution in [0.15, 0.2) is 47.3 Å². The second kappa shape index (κ2) is 9.11. The van der Waals surface area contributed by atoms with Crippen LogP contribution in [0.4, 0.5) is 23.7 Å². The van der Waals surface area contributed by atoms with Gasteiger partial charge < -0.3 is 10.6 Å². The summed E-state index contributed by atoms with van der Waals surface area (Å²) in [7, 11) is 0. The Morgan fingerprint density at radius 3 is 2.55 bits per heavy atom. The largest absolute Gasteiger partial charge is 0.416 e. The molecule has 12 heteroatoms. The third kappa shape index (κ3) is 5.33. The predicted octanol–water partition coefficient (Wildman–Crippen LogP) is 5.19. The summed E-state index contributed by atoms with van der Waals surface area (Å²) in [5.41, 5.74) is -0.608. The van der Waals surface area contributed by atoms with Crippen LogP contribution in [0.25, 0.3) is 11.4 Å². The van der Waals surface area contributed by atoms with E-state index in [4.69, 9.17) is 23.2 Å². The zero-order chi connectivity index (χ0) is 23.8. The number of hydrogen-bond donors (Lipinski definition) is 2. The van der Waals surface area contributed by atoms with Crippen molar-refractivity contribution in [1.82, 2.24) is 19.7 Å². The molecule has 1 aliphatic rings. The summed E-state index contributed by atoms with van der Waals surface area (Å²) in [5.74, 6) is 0.175. The second-order valence-corrected chi connectivity index (χ2v) is 8.33. The van der Waals surface area contributed by atoms with Crippen molar-refractivity contribution in [3.63, 3.8) is 0 Å². The van der Waals surface area contributed by atoms with Crippen LogP contribution in [0, 0.1) is 0 Å². The van der Waals surface area contributed by atoms with Crippen molar-refractivity contribution < 1.29 is 18.0 Å². The van der Waals surface area contributed by atoms with Gasteiger partial charge in [-0.25, -0.2) is 14.3 Å². The molecule has 174 valence electrons. The van der Waals surface area contributed by atoms with Crippen LogP contribution >= 0.6 is 23.2 Å². The van der Waals surface area contributed by atoms with Gasteiger partial charge in [-0.05, 0) is 43.2 Å². The van der Waals surface area contributed by atoms with Crippen LogP contribution in [0.3, 0.4) is 0 Å². The fourth-order valence-electron chi connectivity index (χ4n) is 3.28. The molecule has 0 spiro atoms. The standard InChI is InChI=1S/C21H18Cl2F3N5O2/c22-16-7-4-14(11-17(16)23)28-19(32)27-8-9-30-20(33)31(15-5-6-15)18(29-30)12-2-1-3-13(10-12)21(24,25)26/h1-4,7,10-11,15H,5-6,8-9H2,(H2,27,28,32). The highest BCUT2D eigenvalue weighted by molar-refractivity contribution is 6.42. The number of rotatable bonds is 6. The average molecular weight is 500 g/mol. The Labute approximate surface area is 196 Å². The number of carbonyl (C=O) groups is 1. The monoisotopic (exact) mass is 499 g/mol. The fourth-order valence-corrected chi connectivity index (χ4v) is 3.58. The first-order chi connectivity index (χ1) is 15.6. The summed E-state index contributed by atoms with van der Waals surface area (Å²) < 4.78 is 41.9. The molecule has 1 heterocycles. The van der Waals surface area contributed by atoms with Crippen molar-refractivity contribution in [3.8, 4) is 11.4 Å². The molecule has 1 aliphatic carbocycles. The summed E-state index contributed by atoms with van der Waals surface area (Å²) in [4.78, 5) is 25.0. The summed E-state index contributed by atoms with van der Waals surface area (Å²) >= 11 is 11.8. The maximum atomic E-state index is 13.1. The normalized spacial score (nSPS) is 13.7. The number of halogens is 5. The average Bonchev–Trinajstić information content (AvgIpc) is 3.54. The van der Waals surface area contributed by atoms with Gasteiger partial charge in [-0.1, -0.05) is 35.3 Å². The Bertz CT molecular complexity index is 1250. The molecule has 2 N–H and O–H groups in total. The van der Waals surface area contributed by atoms with Crippen molar-refractivity contribution in [1.29, 1.82) is 0 Å². The van der Waals surface area contributed by atoms with E-state index in [0.717, 1.165) is 29.7 Å². The van der Waals surface area contributed by atoms with Gasteiger partial charge in [0.1, 0.15) is 0 Å². The summed E-state index contributed by atoms with van der Waals surface area (Å²) in [6.07, 6.45) is -3.00. The van der Waals surface area contributed by atoms with Gasteiger partial charge in [-0.2, -0.15) is 13.2 Å². The summed E-state index contributed by atoms with van der Waals surface area (Å²) in [6.45, 7) is 0.107. The number of benzene rings is 2. The first-order valence-electron chi connectivity index (χ1n) is 10.0. The molecule has 2 aromatic carbocycles. The quantitative estimate of drug-likeness (QED) is 0.489. The van der Waals surface area contributed by atoms with E-state index in [-0.39, 0.29) is 35.5 Å². The lowest BCUT2D eigenvalue weighted by atomic mass is 10.1. The van der Waals surface area contributed by atoms with Crippen LogP contribution in [0.2, 0.25) is 10.0 Å². The number of amides is 2. The molecular formula is C21H18Cl2F3N5O2. The number of nitrogens with zero attached hydrogens (tertiary/aromatic N) is 3. The number of aromatic nitrogens is 3. The van der Waals surface area contributed by atoms with E-state index < -0.39 is 23.5 Å². The Kier molecular flexibility index (Phi) is 6.40. The number of anilines is 1. The number of urea groups is 1. The van der Waals surface area contributed by atoms with Crippen molar-refractivity contribution >= 4 is 34.9 Å². The second-order valence-electron chi connectivity index (χ2n) is 7.52. The molecule has 0 bridgehead atoms. The van der Waals surface area contributed by atoms with E-state index in [0.29, 0.717) is 10.7 Å². The van der Waals surface area contributed by atoms with Crippen molar-refractivity contribution in [3.05, 3.63) is 68.6 Å². The van der Waals surface area contributed by atoms with Crippen molar-refractivity contribution in [2.24, 2.45) is 0 Å². The molecule has 0 saturated heterocycles. The highest BCUT2D eigenvalue weighted by Gasteiger charge is 2.33. The molecule has 7 nitrogen and oxygen atoms in total. The maximum Gasteiger partial charge on any atom is 0.416 e. The SMILES string of the molecule is O=C(NCCn1nc(-c2cccc(C(F)(F)F)c2)n(C2CC2)c1=O)Nc1ccc(Cl)c(Cl)c1. The minimum atomic E-state index is -4.51. The highest BCUT2D eigenvalue weighted by atomic mass is 35.5. The van der Waals surface area contributed by atoms with E-state index in [9.17, 15) is 22.8 Å². The lowest BCUT2D eigenvalue weighted by Gasteiger charge is -2.09. The fraction of sp³-hybridized carbons (Fsp3) is 0.286. The maximum absolute atomic E-state index is 13.1. The smallest absolute Gasteiger partial charge is 0.336 e. The molecule has 0 atom stereocenters. The third-order valence-corrected chi connectivity index (χ3v) is 5.76. The first-order valence-corrected chi connectivity index (χ1v) is 10.8. The molecule has 0 unspecified atom stereocenters. The number of nitrogens with one attached hydrogen (secondary N) is 2. The molecular weight excluding hydrogens is 482 g/mol. The van der Waals surface area contributed by atoms with Gasteiger partial charge in [0.25, 0.3) is 0 Å². The minimum Gasteiger partial charge on any atom is -0.336 e. The molecule has 4 rings (SSSR count). The molecule has 0 aliphatic heterocycles. The van der Waals surface area contributed by atoms with Gasteiger partial charge in [-0.15, -0.1) is 5.10 Å². The molecule has 3 aromatic rings.